The number of hydrogen-bond acceptors (Lipinski definition) is 3. The van der Waals surface area contributed by atoms with Gasteiger partial charge in [-0.05, 0) is 48.9 Å². The number of carbonyl (C=O) groups excluding carboxylic acids is 1. The van der Waals surface area contributed by atoms with Crippen LogP contribution in [0, 0.1) is 6.92 Å². The normalized spacial score (nSPS) is 11.2. The minimum atomic E-state index is -3.66. The zero-order valence-electron chi connectivity index (χ0n) is 15.8. The number of rotatable bonds is 6. The van der Waals surface area contributed by atoms with Crippen LogP contribution in [0.5, 0.6) is 0 Å². The van der Waals surface area contributed by atoms with Gasteiger partial charge in [0.1, 0.15) is 0 Å². The highest BCUT2D eigenvalue weighted by atomic mass is 32.2. The third-order valence-corrected chi connectivity index (χ3v) is 5.86. The lowest BCUT2D eigenvalue weighted by Crippen LogP contribution is -2.26. The molecule has 0 bridgehead atoms. The first-order valence-electron chi connectivity index (χ1n) is 8.85. The van der Waals surface area contributed by atoms with Crippen molar-refractivity contribution in [1.82, 2.24) is 4.72 Å². The second-order valence-corrected chi connectivity index (χ2v) is 8.30. The number of aryl methyl sites for hydroxylation is 1. The van der Waals surface area contributed by atoms with Crippen LogP contribution in [-0.2, 0) is 16.6 Å². The van der Waals surface area contributed by atoms with Crippen LogP contribution in [0.2, 0.25) is 0 Å². The Morgan fingerprint density at radius 1 is 0.893 bits per heavy atom. The summed E-state index contributed by atoms with van der Waals surface area (Å²) >= 11 is 0. The van der Waals surface area contributed by atoms with Crippen molar-refractivity contribution in [1.29, 1.82) is 0 Å². The predicted octanol–water partition coefficient (Wildman–Crippen LogP) is 3.75. The highest BCUT2D eigenvalue weighted by Gasteiger charge is 2.17. The number of carbonyl (C=O) groups is 1. The van der Waals surface area contributed by atoms with Crippen LogP contribution in [0.25, 0.3) is 0 Å². The van der Waals surface area contributed by atoms with Crippen LogP contribution in [0.3, 0.4) is 0 Å². The first-order valence-corrected chi connectivity index (χ1v) is 10.3. The number of nitrogens with one attached hydrogen (secondary N) is 1. The molecule has 0 aliphatic rings. The quantitative estimate of drug-likeness (QED) is 0.692. The van der Waals surface area contributed by atoms with Crippen LogP contribution < -0.4 is 9.62 Å². The van der Waals surface area contributed by atoms with E-state index in [0.717, 1.165) is 16.8 Å². The molecule has 6 heteroatoms. The van der Waals surface area contributed by atoms with E-state index in [1.807, 2.05) is 61.5 Å². The molecule has 1 N–H and O–H groups in total. The van der Waals surface area contributed by atoms with E-state index >= 15 is 0 Å². The Balaban J connectivity index is 1.70. The summed E-state index contributed by atoms with van der Waals surface area (Å²) in [6, 6.07) is 22.9. The van der Waals surface area contributed by atoms with Crippen molar-refractivity contribution in [3.8, 4) is 0 Å². The van der Waals surface area contributed by atoms with Gasteiger partial charge in [0.2, 0.25) is 10.0 Å². The lowest BCUT2D eigenvalue weighted by Gasteiger charge is -2.17. The average Bonchev–Trinajstić information content (AvgIpc) is 2.73. The summed E-state index contributed by atoms with van der Waals surface area (Å²) < 4.78 is 27.6. The highest BCUT2D eigenvalue weighted by Crippen LogP contribution is 2.17. The largest absolute Gasteiger partial charge is 0.311 e. The van der Waals surface area contributed by atoms with E-state index in [4.69, 9.17) is 0 Å². The SMILES string of the molecule is Cc1ccc(CNS(=O)(=O)c2ccc(C(=O)N(C)c3ccccc3)cc2)cc1. The Hall–Kier alpha value is -2.96. The second-order valence-electron chi connectivity index (χ2n) is 6.53. The van der Waals surface area contributed by atoms with Gasteiger partial charge in [0, 0.05) is 24.8 Å². The zero-order chi connectivity index (χ0) is 20.1. The van der Waals surface area contributed by atoms with Gasteiger partial charge in [-0.25, -0.2) is 13.1 Å². The van der Waals surface area contributed by atoms with E-state index < -0.39 is 10.0 Å². The molecule has 3 rings (SSSR count). The minimum absolute atomic E-state index is 0.124. The summed E-state index contributed by atoms with van der Waals surface area (Å²) in [6.45, 7) is 2.19. The number of para-hydroxylation sites is 1. The highest BCUT2D eigenvalue weighted by molar-refractivity contribution is 7.89. The van der Waals surface area contributed by atoms with E-state index in [2.05, 4.69) is 4.72 Å². The molecule has 144 valence electrons. The zero-order valence-corrected chi connectivity index (χ0v) is 16.6. The van der Waals surface area contributed by atoms with Crippen molar-refractivity contribution in [2.45, 2.75) is 18.4 Å². The van der Waals surface area contributed by atoms with Gasteiger partial charge in [-0.1, -0.05) is 48.0 Å². The third kappa shape index (κ3) is 4.65. The van der Waals surface area contributed by atoms with Crippen LogP contribution in [-0.4, -0.2) is 21.4 Å². The number of amides is 1. The van der Waals surface area contributed by atoms with Gasteiger partial charge < -0.3 is 4.90 Å². The van der Waals surface area contributed by atoms with Crippen molar-refractivity contribution < 1.29 is 13.2 Å². The molecule has 5 nitrogen and oxygen atoms in total. The standard InChI is InChI=1S/C22H22N2O3S/c1-17-8-10-18(11-9-17)16-23-28(26,27)21-14-12-19(13-15-21)22(25)24(2)20-6-4-3-5-7-20/h3-15,23H,16H2,1-2H3. The average molecular weight is 394 g/mol. The van der Waals surface area contributed by atoms with Crippen LogP contribution in [0.15, 0.2) is 83.8 Å². The predicted molar refractivity (Wildman–Crippen MR) is 111 cm³/mol. The van der Waals surface area contributed by atoms with Gasteiger partial charge in [0.05, 0.1) is 4.90 Å². The summed E-state index contributed by atoms with van der Waals surface area (Å²) in [5.41, 5.74) is 3.19. The smallest absolute Gasteiger partial charge is 0.258 e. The molecule has 0 heterocycles. The maximum absolute atomic E-state index is 12.6. The minimum Gasteiger partial charge on any atom is -0.311 e. The van der Waals surface area contributed by atoms with Gasteiger partial charge in [0.25, 0.3) is 5.91 Å². The van der Waals surface area contributed by atoms with Crippen molar-refractivity contribution in [2.75, 3.05) is 11.9 Å². The Morgan fingerprint density at radius 2 is 1.50 bits per heavy atom. The maximum Gasteiger partial charge on any atom is 0.258 e. The first-order chi connectivity index (χ1) is 13.4. The molecule has 28 heavy (non-hydrogen) atoms. The first kappa shape index (κ1) is 19.8. The van der Waals surface area contributed by atoms with Crippen molar-refractivity contribution in [3.63, 3.8) is 0 Å². The molecule has 0 unspecified atom stereocenters. The van der Waals surface area contributed by atoms with E-state index in [-0.39, 0.29) is 17.3 Å². The molecule has 0 fully saturated rings. The van der Waals surface area contributed by atoms with Gasteiger partial charge in [0.15, 0.2) is 0 Å². The Kier molecular flexibility index (Phi) is 5.92. The Labute approximate surface area is 165 Å². The molecular formula is C22H22N2O3S. The molecule has 0 radical (unpaired) electrons. The van der Waals surface area contributed by atoms with Crippen LogP contribution >= 0.6 is 0 Å². The molecule has 0 aromatic heterocycles. The number of hydrogen-bond donors (Lipinski definition) is 1. The fraction of sp³-hybridized carbons (Fsp3) is 0.136. The van der Waals surface area contributed by atoms with Gasteiger partial charge >= 0.3 is 0 Å². The topological polar surface area (TPSA) is 66.5 Å². The molecule has 0 spiro atoms. The number of benzene rings is 3. The number of nitrogens with zero attached hydrogens (tertiary/aromatic N) is 1. The monoisotopic (exact) mass is 394 g/mol. The van der Waals surface area contributed by atoms with Crippen molar-refractivity contribution in [3.05, 3.63) is 95.6 Å². The number of anilines is 1. The molecular weight excluding hydrogens is 372 g/mol. The molecule has 0 saturated carbocycles. The van der Waals surface area contributed by atoms with Gasteiger partial charge in [-0.15, -0.1) is 0 Å². The van der Waals surface area contributed by atoms with Gasteiger partial charge in [-0.2, -0.15) is 0 Å². The fourth-order valence-electron chi connectivity index (χ4n) is 2.71. The van der Waals surface area contributed by atoms with Gasteiger partial charge in [-0.3, -0.25) is 4.79 Å². The van der Waals surface area contributed by atoms with E-state index in [1.54, 1.807) is 7.05 Å². The summed E-state index contributed by atoms with van der Waals surface area (Å²) in [5, 5.41) is 0. The Morgan fingerprint density at radius 3 is 2.11 bits per heavy atom. The molecule has 0 saturated heterocycles. The third-order valence-electron chi connectivity index (χ3n) is 4.45. The lowest BCUT2D eigenvalue weighted by atomic mass is 10.2. The molecule has 3 aromatic rings. The van der Waals surface area contributed by atoms with E-state index in [1.165, 1.54) is 29.2 Å². The number of sulfonamides is 1. The van der Waals surface area contributed by atoms with E-state index in [0.29, 0.717) is 5.56 Å². The Bertz CT molecular complexity index is 1050. The summed E-state index contributed by atoms with van der Waals surface area (Å²) in [7, 11) is -1.97. The fourth-order valence-corrected chi connectivity index (χ4v) is 3.72. The van der Waals surface area contributed by atoms with Crippen molar-refractivity contribution in [2.24, 2.45) is 0 Å². The summed E-state index contributed by atoms with van der Waals surface area (Å²) in [5.74, 6) is -0.206. The molecule has 0 aliphatic heterocycles. The molecule has 1 amide bonds. The van der Waals surface area contributed by atoms with Crippen molar-refractivity contribution >= 4 is 21.6 Å². The van der Waals surface area contributed by atoms with E-state index in [9.17, 15) is 13.2 Å². The summed E-state index contributed by atoms with van der Waals surface area (Å²) in [6.07, 6.45) is 0. The lowest BCUT2D eigenvalue weighted by molar-refractivity contribution is 0.0993. The molecule has 0 aliphatic carbocycles. The van der Waals surface area contributed by atoms with Crippen LogP contribution in [0.1, 0.15) is 21.5 Å². The maximum atomic E-state index is 12.6. The van der Waals surface area contributed by atoms with Crippen LogP contribution in [0.4, 0.5) is 5.69 Å². The molecule has 0 atom stereocenters. The molecule has 3 aromatic carbocycles. The second kappa shape index (κ2) is 8.37. The summed E-state index contributed by atoms with van der Waals surface area (Å²) in [4.78, 5) is 14.3.